The highest BCUT2D eigenvalue weighted by Gasteiger charge is 2.18. The van der Waals surface area contributed by atoms with Gasteiger partial charge in [-0.05, 0) is 50.8 Å². The lowest BCUT2D eigenvalue weighted by Crippen LogP contribution is -2.23. The van der Waals surface area contributed by atoms with E-state index < -0.39 is 0 Å². The summed E-state index contributed by atoms with van der Waals surface area (Å²) < 4.78 is 2.29. The summed E-state index contributed by atoms with van der Waals surface area (Å²) in [6, 6.07) is 0. The fourth-order valence-corrected chi connectivity index (χ4v) is 3.28. The van der Waals surface area contributed by atoms with E-state index in [4.69, 9.17) is 0 Å². The van der Waals surface area contributed by atoms with Crippen LogP contribution in [0.5, 0.6) is 0 Å². The van der Waals surface area contributed by atoms with Gasteiger partial charge in [0, 0.05) is 31.0 Å². The Morgan fingerprint density at radius 3 is 2.72 bits per heavy atom. The second-order valence-corrected chi connectivity index (χ2v) is 5.79. The number of fused-ring (bicyclic) bond motifs is 1. The van der Waals surface area contributed by atoms with Crippen LogP contribution >= 0.6 is 0 Å². The molecule has 0 bridgehead atoms. The highest BCUT2D eigenvalue weighted by molar-refractivity contribution is 5.28. The highest BCUT2D eigenvalue weighted by atomic mass is 16.3. The molecule has 3 heteroatoms. The Labute approximate surface area is 109 Å². The third-order valence-electron chi connectivity index (χ3n) is 4.40. The maximum Gasteiger partial charge on any atom is 0.0807 e. The molecule has 100 valence electrons. The summed E-state index contributed by atoms with van der Waals surface area (Å²) in [5.74, 6) is 0. The SMILES string of the molecule is OC1CCCCc2cn(CCN3CCCC3)cc21. The first-order valence-corrected chi connectivity index (χ1v) is 7.42. The van der Waals surface area contributed by atoms with Crippen molar-refractivity contribution in [3.63, 3.8) is 0 Å². The molecule has 1 saturated heterocycles. The van der Waals surface area contributed by atoms with Crippen LogP contribution in [0.3, 0.4) is 0 Å². The van der Waals surface area contributed by atoms with Crippen LogP contribution in [0.4, 0.5) is 0 Å². The molecule has 1 atom stereocenters. The van der Waals surface area contributed by atoms with Crippen molar-refractivity contribution in [2.75, 3.05) is 19.6 Å². The van der Waals surface area contributed by atoms with Crippen molar-refractivity contribution in [1.82, 2.24) is 9.47 Å². The van der Waals surface area contributed by atoms with Gasteiger partial charge < -0.3 is 14.6 Å². The molecule has 1 aliphatic carbocycles. The Balaban J connectivity index is 1.64. The summed E-state index contributed by atoms with van der Waals surface area (Å²) in [5.41, 5.74) is 2.57. The summed E-state index contributed by atoms with van der Waals surface area (Å²) >= 11 is 0. The number of aliphatic hydroxyl groups is 1. The third kappa shape index (κ3) is 2.62. The van der Waals surface area contributed by atoms with Crippen LogP contribution in [0.2, 0.25) is 0 Å². The summed E-state index contributed by atoms with van der Waals surface area (Å²) in [5, 5.41) is 10.1. The van der Waals surface area contributed by atoms with Crippen molar-refractivity contribution in [3.8, 4) is 0 Å². The van der Waals surface area contributed by atoms with E-state index in [0.717, 1.165) is 32.4 Å². The Kier molecular flexibility index (Phi) is 3.71. The van der Waals surface area contributed by atoms with Gasteiger partial charge in [0.1, 0.15) is 0 Å². The first kappa shape index (κ1) is 12.2. The lowest BCUT2D eigenvalue weighted by Gasteiger charge is -2.14. The summed E-state index contributed by atoms with van der Waals surface area (Å²) in [6.07, 6.45) is 11.4. The molecule has 3 nitrogen and oxygen atoms in total. The third-order valence-corrected chi connectivity index (χ3v) is 4.40. The predicted octanol–water partition coefficient (Wildman–Crippen LogP) is 2.34. The first-order valence-electron chi connectivity index (χ1n) is 7.42. The number of rotatable bonds is 3. The van der Waals surface area contributed by atoms with Gasteiger partial charge >= 0.3 is 0 Å². The van der Waals surface area contributed by atoms with Gasteiger partial charge in [-0.2, -0.15) is 0 Å². The topological polar surface area (TPSA) is 28.4 Å². The van der Waals surface area contributed by atoms with Crippen molar-refractivity contribution < 1.29 is 5.11 Å². The number of aromatic nitrogens is 1. The van der Waals surface area contributed by atoms with Crippen molar-refractivity contribution in [2.45, 2.75) is 51.2 Å². The van der Waals surface area contributed by atoms with Crippen LogP contribution in [0.1, 0.15) is 49.3 Å². The van der Waals surface area contributed by atoms with Gasteiger partial charge in [-0.25, -0.2) is 0 Å². The van der Waals surface area contributed by atoms with Crippen LogP contribution in [0.25, 0.3) is 0 Å². The number of aryl methyl sites for hydroxylation is 1. The Morgan fingerprint density at radius 2 is 1.89 bits per heavy atom. The largest absolute Gasteiger partial charge is 0.388 e. The number of nitrogens with zero attached hydrogens (tertiary/aromatic N) is 2. The Morgan fingerprint density at radius 1 is 1.06 bits per heavy atom. The zero-order valence-electron chi connectivity index (χ0n) is 11.1. The molecule has 0 radical (unpaired) electrons. The quantitative estimate of drug-likeness (QED) is 0.832. The standard InChI is InChI=1S/C15H24N2O/c18-15-6-2-1-5-13-11-17(12-14(13)15)10-9-16-7-3-4-8-16/h11-12,15,18H,1-10H2. The molecule has 0 aromatic carbocycles. The Hall–Kier alpha value is -0.800. The predicted molar refractivity (Wildman–Crippen MR) is 72.6 cm³/mol. The van der Waals surface area contributed by atoms with Gasteiger partial charge in [0.15, 0.2) is 0 Å². The van der Waals surface area contributed by atoms with Crippen molar-refractivity contribution in [2.24, 2.45) is 0 Å². The zero-order valence-corrected chi connectivity index (χ0v) is 11.1. The molecule has 0 spiro atoms. The van der Waals surface area contributed by atoms with Crippen molar-refractivity contribution in [1.29, 1.82) is 0 Å². The minimum Gasteiger partial charge on any atom is -0.388 e. The lowest BCUT2D eigenvalue weighted by atomic mass is 10.1. The van der Waals surface area contributed by atoms with E-state index in [0.29, 0.717) is 0 Å². The smallest absolute Gasteiger partial charge is 0.0807 e. The molecule has 1 aromatic heterocycles. The van der Waals surface area contributed by atoms with E-state index in [2.05, 4.69) is 21.9 Å². The zero-order chi connectivity index (χ0) is 12.4. The van der Waals surface area contributed by atoms with E-state index in [-0.39, 0.29) is 6.10 Å². The van der Waals surface area contributed by atoms with Gasteiger partial charge in [-0.1, -0.05) is 6.42 Å². The second kappa shape index (κ2) is 5.45. The van der Waals surface area contributed by atoms with Crippen LogP contribution in [-0.4, -0.2) is 34.2 Å². The van der Waals surface area contributed by atoms with Gasteiger partial charge in [-0.15, -0.1) is 0 Å². The first-order chi connectivity index (χ1) is 8.83. The van der Waals surface area contributed by atoms with Crippen LogP contribution in [-0.2, 0) is 13.0 Å². The summed E-state index contributed by atoms with van der Waals surface area (Å²) in [7, 11) is 0. The minimum absolute atomic E-state index is 0.226. The molecule has 1 aliphatic heterocycles. The fraction of sp³-hybridized carbons (Fsp3) is 0.733. The van der Waals surface area contributed by atoms with Crippen molar-refractivity contribution >= 4 is 0 Å². The minimum atomic E-state index is -0.226. The number of hydrogen-bond donors (Lipinski definition) is 1. The molecule has 2 heterocycles. The van der Waals surface area contributed by atoms with Crippen molar-refractivity contribution in [3.05, 3.63) is 23.5 Å². The molecule has 1 N–H and O–H groups in total. The molecular weight excluding hydrogens is 224 g/mol. The maximum absolute atomic E-state index is 10.1. The van der Waals surface area contributed by atoms with E-state index in [1.807, 2.05) is 0 Å². The monoisotopic (exact) mass is 248 g/mol. The van der Waals surface area contributed by atoms with Gasteiger partial charge in [0.25, 0.3) is 0 Å². The van der Waals surface area contributed by atoms with E-state index >= 15 is 0 Å². The highest BCUT2D eigenvalue weighted by Crippen LogP contribution is 2.29. The van der Waals surface area contributed by atoms with E-state index in [1.165, 1.54) is 43.5 Å². The molecule has 1 unspecified atom stereocenters. The lowest BCUT2D eigenvalue weighted by molar-refractivity contribution is 0.166. The molecule has 0 amide bonds. The molecule has 1 aromatic rings. The molecule has 18 heavy (non-hydrogen) atoms. The second-order valence-electron chi connectivity index (χ2n) is 5.79. The van der Waals surface area contributed by atoms with Crippen LogP contribution in [0, 0.1) is 0 Å². The van der Waals surface area contributed by atoms with Gasteiger partial charge in [0.05, 0.1) is 6.10 Å². The molecule has 2 aliphatic rings. The number of aliphatic hydroxyl groups excluding tert-OH is 1. The summed E-state index contributed by atoms with van der Waals surface area (Å²) in [6.45, 7) is 4.76. The Bertz CT molecular complexity index is 393. The number of likely N-dealkylation sites (tertiary alicyclic amines) is 1. The maximum atomic E-state index is 10.1. The fourth-order valence-electron chi connectivity index (χ4n) is 3.28. The van der Waals surface area contributed by atoms with Crippen LogP contribution in [0.15, 0.2) is 12.4 Å². The molecular formula is C15H24N2O. The van der Waals surface area contributed by atoms with E-state index in [1.54, 1.807) is 0 Å². The number of hydrogen-bond acceptors (Lipinski definition) is 2. The summed E-state index contributed by atoms with van der Waals surface area (Å²) in [4.78, 5) is 2.54. The van der Waals surface area contributed by atoms with Gasteiger partial charge in [0.2, 0.25) is 0 Å². The van der Waals surface area contributed by atoms with Crippen LogP contribution < -0.4 is 0 Å². The van der Waals surface area contributed by atoms with E-state index in [9.17, 15) is 5.11 Å². The molecule has 1 fully saturated rings. The molecule has 3 rings (SSSR count). The average molecular weight is 248 g/mol. The average Bonchev–Trinajstić information content (AvgIpc) is 2.98. The molecule has 0 saturated carbocycles. The van der Waals surface area contributed by atoms with Gasteiger partial charge in [-0.3, -0.25) is 0 Å². The normalized spacial score (nSPS) is 25.1.